The summed E-state index contributed by atoms with van der Waals surface area (Å²) in [4.78, 5) is 0. The standard InChI is InChI=1S/C10H21N/c1-3-5-6-8-10(9-11)7-4-2/h3,10H,1,4-9,11H2,2H3. The Bertz CT molecular complexity index is 88.9. The molecule has 1 heteroatoms. The predicted molar refractivity (Wildman–Crippen MR) is 51.5 cm³/mol. The highest BCUT2D eigenvalue weighted by atomic mass is 14.5. The summed E-state index contributed by atoms with van der Waals surface area (Å²) in [5.74, 6) is 0.750. The number of unbranched alkanes of at least 4 members (excludes halogenated alkanes) is 1. The number of rotatable bonds is 7. The van der Waals surface area contributed by atoms with Crippen molar-refractivity contribution in [1.29, 1.82) is 0 Å². The van der Waals surface area contributed by atoms with Gasteiger partial charge in [-0.15, -0.1) is 6.58 Å². The Kier molecular flexibility index (Phi) is 7.59. The maximum absolute atomic E-state index is 5.62. The van der Waals surface area contributed by atoms with Crippen LogP contribution in [0.3, 0.4) is 0 Å². The van der Waals surface area contributed by atoms with Gasteiger partial charge >= 0.3 is 0 Å². The van der Waals surface area contributed by atoms with Crippen LogP contribution < -0.4 is 5.73 Å². The average Bonchev–Trinajstić information content (AvgIpc) is 2.03. The van der Waals surface area contributed by atoms with E-state index in [-0.39, 0.29) is 0 Å². The van der Waals surface area contributed by atoms with Crippen molar-refractivity contribution in [2.75, 3.05) is 6.54 Å². The van der Waals surface area contributed by atoms with Gasteiger partial charge < -0.3 is 5.73 Å². The van der Waals surface area contributed by atoms with Crippen LogP contribution in [0, 0.1) is 5.92 Å². The number of allylic oxidation sites excluding steroid dienone is 1. The maximum atomic E-state index is 5.62. The Hall–Kier alpha value is -0.300. The molecule has 1 unspecified atom stereocenters. The van der Waals surface area contributed by atoms with Crippen LogP contribution in [0.25, 0.3) is 0 Å². The van der Waals surface area contributed by atoms with Gasteiger partial charge in [0.05, 0.1) is 0 Å². The van der Waals surface area contributed by atoms with Gasteiger partial charge in [0.2, 0.25) is 0 Å². The third-order valence-corrected chi connectivity index (χ3v) is 2.05. The monoisotopic (exact) mass is 155 g/mol. The first-order chi connectivity index (χ1) is 5.35. The van der Waals surface area contributed by atoms with Crippen molar-refractivity contribution in [3.05, 3.63) is 12.7 Å². The molecule has 2 N–H and O–H groups in total. The first kappa shape index (κ1) is 10.7. The normalized spacial score (nSPS) is 12.9. The van der Waals surface area contributed by atoms with E-state index in [0.29, 0.717) is 0 Å². The van der Waals surface area contributed by atoms with Gasteiger partial charge in [0.25, 0.3) is 0 Å². The van der Waals surface area contributed by atoms with Gasteiger partial charge in [-0.25, -0.2) is 0 Å². The molecule has 0 radical (unpaired) electrons. The Morgan fingerprint density at radius 1 is 1.45 bits per heavy atom. The van der Waals surface area contributed by atoms with Gasteiger partial charge in [0, 0.05) is 0 Å². The summed E-state index contributed by atoms with van der Waals surface area (Å²) in [5, 5.41) is 0. The van der Waals surface area contributed by atoms with E-state index in [9.17, 15) is 0 Å². The van der Waals surface area contributed by atoms with Gasteiger partial charge in [0.15, 0.2) is 0 Å². The molecule has 0 amide bonds. The van der Waals surface area contributed by atoms with Crippen molar-refractivity contribution < 1.29 is 0 Å². The molecule has 0 aliphatic rings. The largest absolute Gasteiger partial charge is 0.330 e. The van der Waals surface area contributed by atoms with E-state index >= 15 is 0 Å². The molecule has 0 fully saturated rings. The number of hydrogen-bond donors (Lipinski definition) is 1. The summed E-state index contributed by atoms with van der Waals surface area (Å²) in [7, 11) is 0. The molecule has 0 rings (SSSR count). The second-order valence-corrected chi connectivity index (χ2v) is 3.11. The highest BCUT2D eigenvalue weighted by Crippen LogP contribution is 2.12. The molecule has 11 heavy (non-hydrogen) atoms. The fourth-order valence-corrected chi connectivity index (χ4v) is 1.34. The molecule has 0 aliphatic heterocycles. The minimum Gasteiger partial charge on any atom is -0.330 e. The first-order valence-corrected chi connectivity index (χ1v) is 4.66. The molecule has 0 aromatic heterocycles. The van der Waals surface area contributed by atoms with Crippen LogP contribution in [0.15, 0.2) is 12.7 Å². The first-order valence-electron chi connectivity index (χ1n) is 4.66. The van der Waals surface area contributed by atoms with Crippen LogP contribution in [0.5, 0.6) is 0 Å². The second kappa shape index (κ2) is 7.80. The number of nitrogens with two attached hydrogens (primary N) is 1. The Labute approximate surface area is 70.7 Å². The molecule has 0 saturated carbocycles. The fourth-order valence-electron chi connectivity index (χ4n) is 1.34. The topological polar surface area (TPSA) is 26.0 Å². The lowest BCUT2D eigenvalue weighted by Crippen LogP contribution is -2.13. The molecule has 0 bridgehead atoms. The molecule has 66 valence electrons. The highest BCUT2D eigenvalue weighted by Gasteiger charge is 2.03. The summed E-state index contributed by atoms with van der Waals surface area (Å²) in [6.07, 6.45) is 8.20. The summed E-state index contributed by atoms with van der Waals surface area (Å²) >= 11 is 0. The van der Waals surface area contributed by atoms with E-state index in [1.54, 1.807) is 0 Å². The second-order valence-electron chi connectivity index (χ2n) is 3.11. The molecule has 0 aliphatic carbocycles. The molecule has 1 atom stereocenters. The van der Waals surface area contributed by atoms with Crippen LogP contribution in [0.4, 0.5) is 0 Å². The summed E-state index contributed by atoms with van der Waals surface area (Å²) in [5.41, 5.74) is 5.62. The van der Waals surface area contributed by atoms with E-state index in [0.717, 1.165) is 18.9 Å². The summed E-state index contributed by atoms with van der Waals surface area (Å²) in [6, 6.07) is 0. The maximum Gasteiger partial charge on any atom is -0.00489 e. The van der Waals surface area contributed by atoms with Gasteiger partial charge in [-0.3, -0.25) is 0 Å². The average molecular weight is 155 g/mol. The molecule has 0 saturated heterocycles. The predicted octanol–water partition coefficient (Wildman–Crippen LogP) is 2.72. The van der Waals surface area contributed by atoms with E-state index in [4.69, 9.17) is 5.73 Å². The molecule has 1 nitrogen and oxygen atoms in total. The van der Waals surface area contributed by atoms with Crippen LogP contribution >= 0.6 is 0 Å². The summed E-state index contributed by atoms with van der Waals surface area (Å²) < 4.78 is 0. The van der Waals surface area contributed by atoms with Crippen molar-refractivity contribution in [2.24, 2.45) is 11.7 Å². The SMILES string of the molecule is C=CCCCC(CN)CCC. The van der Waals surface area contributed by atoms with Gasteiger partial charge in [-0.1, -0.05) is 19.4 Å². The van der Waals surface area contributed by atoms with Crippen LogP contribution in [0.2, 0.25) is 0 Å². The lowest BCUT2D eigenvalue weighted by Gasteiger charge is -2.11. The van der Waals surface area contributed by atoms with Crippen molar-refractivity contribution in [2.45, 2.75) is 39.0 Å². The lowest BCUT2D eigenvalue weighted by atomic mass is 9.97. The summed E-state index contributed by atoms with van der Waals surface area (Å²) in [6.45, 7) is 6.77. The molecule has 0 spiro atoms. The van der Waals surface area contributed by atoms with Crippen LogP contribution in [0.1, 0.15) is 39.0 Å². The Morgan fingerprint density at radius 3 is 2.64 bits per heavy atom. The van der Waals surface area contributed by atoms with Crippen molar-refractivity contribution in [1.82, 2.24) is 0 Å². The molecule has 0 aromatic carbocycles. The third kappa shape index (κ3) is 6.11. The Morgan fingerprint density at radius 2 is 2.18 bits per heavy atom. The smallest absolute Gasteiger partial charge is 0.00489 e. The number of hydrogen-bond acceptors (Lipinski definition) is 1. The minimum atomic E-state index is 0.750. The lowest BCUT2D eigenvalue weighted by molar-refractivity contribution is 0.443. The molecule has 0 aromatic rings. The zero-order valence-corrected chi connectivity index (χ0v) is 7.68. The fraction of sp³-hybridized carbons (Fsp3) is 0.800. The van der Waals surface area contributed by atoms with E-state index in [2.05, 4.69) is 13.5 Å². The van der Waals surface area contributed by atoms with Crippen molar-refractivity contribution in [3.63, 3.8) is 0 Å². The quantitative estimate of drug-likeness (QED) is 0.444. The van der Waals surface area contributed by atoms with Crippen molar-refractivity contribution in [3.8, 4) is 0 Å². The van der Waals surface area contributed by atoms with Crippen molar-refractivity contribution >= 4 is 0 Å². The van der Waals surface area contributed by atoms with Crippen LogP contribution in [-0.4, -0.2) is 6.54 Å². The molecular weight excluding hydrogens is 134 g/mol. The van der Waals surface area contributed by atoms with Crippen LogP contribution in [-0.2, 0) is 0 Å². The minimum absolute atomic E-state index is 0.750. The molecule has 0 heterocycles. The highest BCUT2D eigenvalue weighted by molar-refractivity contribution is 4.68. The van der Waals surface area contributed by atoms with E-state index in [1.165, 1.54) is 25.7 Å². The third-order valence-electron chi connectivity index (χ3n) is 2.05. The Balaban J connectivity index is 3.27. The van der Waals surface area contributed by atoms with E-state index in [1.807, 2.05) is 6.08 Å². The van der Waals surface area contributed by atoms with Gasteiger partial charge in [-0.05, 0) is 38.1 Å². The van der Waals surface area contributed by atoms with E-state index < -0.39 is 0 Å². The van der Waals surface area contributed by atoms with Gasteiger partial charge in [0.1, 0.15) is 0 Å². The zero-order chi connectivity index (χ0) is 8.53. The van der Waals surface area contributed by atoms with Gasteiger partial charge in [-0.2, -0.15) is 0 Å². The zero-order valence-electron chi connectivity index (χ0n) is 7.68. The molecular formula is C10H21N.